The molecule has 25 heavy (non-hydrogen) atoms. The first-order valence-electron chi connectivity index (χ1n) is 8.05. The molecule has 4 heteroatoms. The van der Waals surface area contributed by atoms with Crippen molar-refractivity contribution in [2.45, 2.75) is 6.54 Å². The van der Waals surface area contributed by atoms with Gasteiger partial charge in [-0.2, -0.15) is 5.26 Å². The fraction of sp³-hybridized carbons (Fsp3) is 0.143. The maximum Gasteiger partial charge on any atom is 0.264 e. The van der Waals surface area contributed by atoms with E-state index in [0.717, 1.165) is 23.0 Å². The van der Waals surface area contributed by atoms with E-state index in [1.807, 2.05) is 48.7 Å². The number of aromatic nitrogens is 1. The van der Waals surface area contributed by atoms with Gasteiger partial charge in [-0.3, -0.25) is 4.79 Å². The number of amides is 1. The number of nitrogens with zero attached hydrogens (tertiary/aromatic N) is 3. The quantitative estimate of drug-likeness (QED) is 0.541. The molecule has 0 bridgehead atoms. The molecule has 0 aliphatic rings. The van der Waals surface area contributed by atoms with Crippen LogP contribution in [0.3, 0.4) is 0 Å². The summed E-state index contributed by atoms with van der Waals surface area (Å²) in [5.41, 5.74) is 3.28. The van der Waals surface area contributed by atoms with Crippen LogP contribution in [0.2, 0.25) is 0 Å². The van der Waals surface area contributed by atoms with E-state index in [1.54, 1.807) is 20.2 Å². The average Bonchev–Trinajstić information content (AvgIpc) is 2.97. The summed E-state index contributed by atoms with van der Waals surface area (Å²) in [6, 6.07) is 20.2. The van der Waals surface area contributed by atoms with Gasteiger partial charge in [0, 0.05) is 43.3 Å². The monoisotopic (exact) mass is 329 g/mol. The minimum absolute atomic E-state index is 0.132. The second-order valence-corrected chi connectivity index (χ2v) is 6.08. The maximum absolute atomic E-state index is 12.1. The second kappa shape index (κ2) is 7.06. The predicted molar refractivity (Wildman–Crippen MR) is 99.8 cm³/mol. The van der Waals surface area contributed by atoms with Crippen LogP contribution in [0.4, 0.5) is 0 Å². The van der Waals surface area contributed by atoms with Crippen LogP contribution in [0, 0.1) is 11.3 Å². The summed E-state index contributed by atoms with van der Waals surface area (Å²) in [6.07, 6.45) is 3.67. The fourth-order valence-corrected chi connectivity index (χ4v) is 2.84. The van der Waals surface area contributed by atoms with Crippen molar-refractivity contribution in [1.29, 1.82) is 5.26 Å². The summed E-state index contributed by atoms with van der Waals surface area (Å²) >= 11 is 0. The molecule has 3 rings (SSSR count). The van der Waals surface area contributed by atoms with E-state index in [-0.39, 0.29) is 11.5 Å². The Kier molecular flexibility index (Phi) is 4.67. The summed E-state index contributed by atoms with van der Waals surface area (Å²) in [6.45, 7) is 0.735. The minimum Gasteiger partial charge on any atom is -0.344 e. The lowest BCUT2D eigenvalue weighted by Crippen LogP contribution is -2.22. The number of hydrogen-bond donors (Lipinski definition) is 0. The third-order valence-corrected chi connectivity index (χ3v) is 4.07. The van der Waals surface area contributed by atoms with Crippen LogP contribution in [-0.2, 0) is 11.3 Å². The molecule has 1 amide bonds. The summed E-state index contributed by atoms with van der Waals surface area (Å²) in [7, 11) is 3.29. The molecule has 0 radical (unpaired) electrons. The van der Waals surface area contributed by atoms with Crippen molar-refractivity contribution in [3.63, 3.8) is 0 Å². The van der Waals surface area contributed by atoms with Crippen molar-refractivity contribution in [3.8, 4) is 6.07 Å². The predicted octanol–water partition coefficient (Wildman–Crippen LogP) is 3.68. The number of fused-ring (bicyclic) bond motifs is 1. The first-order chi connectivity index (χ1) is 12.1. The Balaban J connectivity index is 2.08. The molecule has 0 atom stereocenters. The van der Waals surface area contributed by atoms with E-state index in [2.05, 4.69) is 22.8 Å². The molecule has 1 heterocycles. The number of hydrogen-bond acceptors (Lipinski definition) is 2. The van der Waals surface area contributed by atoms with Gasteiger partial charge in [-0.25, -0.2) is 0 Å². The topological polar surface area (TPSA) is 49.0 Å². The summed E-state index contributed by atoms with van der Waals surface area (Å²) in [5.74, 6) is -0.289. The average molecular weight is 329 g/mol. The van der Waals surface area contributed by atoms with Crippen LogP contribution in [0.5, 0.6) is 0 Å². The number of rotatable bonds is 4. The molecule has 0 unspecified atom stereocenters. The Morgan fingerprint density at radius 2 is 1.80 bits per heavy atom. The van der Waals surface area contributed by atoms with Gasteiger partial charge in [-0.15, -0.1) is 0 Å². The van der Waals surface area contributed by atoms with Crippen LogP contribution in [0.15, 0.2) is 66.4 Å². The number of para-hydroxylation sites is 1. The third kappa shape index (κ3) is 3.46. The van der Waals surface area contributed by atoms with Crippen molar-refractivity contribution in [2.75, 3.05) is 14.1 Å². The van der Waals surface area contributed by atoms with Crippen molar-refractivity contribution < 1.29 is 4.79 Å². The lowest BCUT2D eigenvalue weighted by Gasteiger charge is -2.08. The Bertz CT molecular complexity index is 975. The molecule has 0 aliphatic heterocycles. The van der Waals surface area contributed by atoms with Gasteiger partial charge in [0.15, 0.2) is 0 Å². The maximum atomic E-state index is 12.1. The number of benzene rings is 2. The molecule has 0 fully saturated rings. The van der Waals surface area contributed by atoms with E-state index in [9.17, 15) is 10.1 Å². The van der Waals surface area contributed by atoms with Gasteiger partial charge in [0.05, 0.1) is 0 Å². The summed E-state index contributed by atoms with van der Waals surface area (Å²) < 4.78 is 2.14. The van der Waals surface area contributed by atoms with Crippen LogP contribution < -0.4 is 0 Å². The summed E-state index contributed by atoms with van der Waals surface area (Å²) in [4.78, 5) is 13.6. The number of carbonyl (C=O) groups excluding carboxylic acids is 1. The van der Waals surface area contributed by atoms with Crippen LogP contribution in [0.25, 0.3) is 17.0 Å². The van der Waals surface area contributed by atoms with Crippen molar-refractivity contribution in [1.82, 2.24) is 9.47 Å². The van der Waals surface area contributed by atoms with Gasteiger partial charge in [0.25, 0.3) is 5.91 Å². The van der Waals surface area contributed by atoms with Gasteiger partial charge >= 0.3 is 0 Å². The van der Waals surface area contributed by atoms with Crippen LogP contribution in [0.1, 0.15) is 11.1 Å². The highest BCUT2D eigenvalue weighted by molar-refractivity contribution is 6.03. The minimum atomic E-state index is -0.289. The molecule has 0 saturated heterocycles. The fourth-order valence-electron chi connectivity index (χ4n) is 2.84. The number of likely N-dealkylation sites (N-methyl/N-ethyl adjacent to an activating group) is 1. The largest absolute Gasteiger partial charge is 0.344 e. The van der Waals surface area contributed by atoms with Gasteiger partial charge in [0.1, 0.15) is 11.6 Å². The third-order valence-electron chi connectivity index (χ3n) is 4.07. The molecule has 2 aromatic carbocycles. The molecule has 4 nitrogen and oxygen atoms in total. The number of nitriles is 1. The standard InChI is InChI=1S/C21H19N3O/c1-23(2)21(25)17(13-22)12-18-15-24(14-16-8-4-3-5-9-16)20-11-7-6-10-19(18)20/h3-12,15H,14H2,1-2H3/b17-12+. The first kappa shape index (κ1) is 16.5. The van der Waals surface area contributed by atoms with E-state index in [4.69, 9.17) is 0 Å². The highest BCUT2D eigenvalue weighted by Crippen LogP contribution is 2.24. The van der Waals surface area contributed by atoms with Crippen molar-refractivity contribution in [2.24, 2.45) is 0 Å². The molecule has 0 spiro atoms. The van der Waals surface area contributed by atoms with Crippen molar-refractivity contribution >= 4 is 22.9 Å². The molecular formula is C21H19N3O. The highest BCUT2D eigenvalue weighted by Gasteiger charge is 2.13. The number of carbonyl (C=O) groups is 1. The zero-order chi connectivity index (χ0) is 17.8. The molecule has 0 N–H and O–H groups in total. The normalized spacial score (nSPS) is 11.3. The molecule has 0 saturated carbocycles. The van der Waals surface area contributed by atoms with E-state index in [0.29, 0.717) is 0 Å². The zero-order valence-corrected chi connectivity index (χ0v) is 14.3. The van der Waals surface area contributed by atoms with E-state index < -0.39 is 0 Å². The van der Waals surface area contributed by atoms with Gasteiger partial charge in [-0.1, -0.05) is 48.5 Å². The zero-order valence-electron chi connectivity index (χ0n) is 14.3. The van der Waals surface area contributed by atoms with Gasteiger partial charge in [0.2, 0.25) is 0 Å². The molecule has 3 aromatic rings. The Hall–Kier alpha value is -3.32. The highest BCUT2D eigenvalue weighted by atomic mass is 16.2. The lowest BCUT2D eigenvalue weighted by atomic mass is 10.1. The summed E-state index contributed by atoms with van der Waals surface area (Å²) in [5, 5.41) is 10.4. The van der Waals surface area contributed by atoms with Crippen LogP contribution in [-0.4, -0.2) is 29.5 Å². The Labute approximate surface area is 147 Å². The SMILES string of the molecule is CN(C)C(=O)/C(C#N)=C/c1cn(Cc2ccccc2)c2ccccc12. The second-order valence-electron chi connectivity index (χ2n) is 6.08. The smallest absolute Gasteiger partial charge is 0.264 e. The molecule has 124 valence electrons. The van der Waals surface area contributed by atoms with Crippen LogP contribution >= 0.6 is 0 Å². The lowest BCUT2D eigenvalue weighted by molar-refractivity contribution is -0.124. The molecular weight excluding hydrogens is 310 g/mol. The Morgan fingerprint density at radius 3 is 2.48 bits per heavy atom. The molecule has 0 aliphatic carbocycles. The van der Waals surface area contributed by atoms with Crippen molar-refractivity contribution in [3.05, 3.63) is 77.5 Å². The van der Waals surface area contributed by atoms with E-state index in [1.165, 1.54) is 10.5 Å². The van der Waals surface area contributed by atoms with Gasteiger partial charge in [-0.05, 0) is 17.7 Å². The van der Waals surface area contributed by atoms with E-state index >= 15 is 0 Å². The molecule has 1 aromatic heterocycles. The van der Waals surface area contributed by atoms with Gasteiger partial charge < -0.3 is 9.47 Å². The Morgan fingerprint density at radius 1 is 1.12 bits per heavy atom. The first-order valence-corrected chi connectivity index (χ1v) is 8.05.